The minimum absolute atomic E-state index is 0.662. The number of hydrogen-bond donors (Lipinski definition) is 0. The zero-order valence-electron chi connectivity index (χ0n) is 40.0. The Morgan fingerprint density at radius 3 is 1.64 bits per heavy atom. The first-order chi connectivity index (χ1) is 36.2. The standard InChI is InChI=1S/C71H46N2/c1-5-19-47(20-6-1)49-35-38-54(39-36-49)72(55-29-17-24-51(45-55)48-21-7-2-8-22-48)56-40-37-50-23-18-32-57(63(50)46-56)61-42-41-60-58-30-13-15-33-65(58)73-66-34-16-14-31-59(66)62-43-44-64-68(70(62)73)67(60)69(61)71(64,52-25-9-3-10-26-52)53-27-11-4-12-28-53/h1-46H. The van der Waals surface area contributed by atoms with Gasteiger partial charge in [0.15, 0.2) is 0 Å². The number of benzene rings is 12. The molecule has 2 heteroatoms. The van der Waals surface area contributed by atoms with Gasteiger partial charge in [0, 0.05) is 39.0 Å². The zero-order valence-corrected chi connectivity index (χ0v) is 40.0. The predicted octanol–water partition coefficient (Wildman–Crippen LogP) is 18.8. The van der Waals surface area contributed by atoms with Crippen LogP contribution in [0.15, 0.2) is 279 Å². The molecule has 340 valence electrons. The summed E-state index contributed by atoms with van der Waals surface area (Å²) in [5.74, 6) is 0. The first-order valence-corrected chi connectivity index (χ1v) is 25.3. The lowest BCUT2D eigenvalue weighted by molar-refractivity contribution is 0.771. The van der Waals surface area contributed by atoms with Gasteiger partial charge in [-0.15, -0.1) is 0 Å². The molecule has 13 aromatic rings. The van der Waals surface area contributed by atoms with E-state index in [0.29, 0.717) is 0 Å². The van der Waals surface area contributed by atoms with Gasteiger partial charge in [-0.25, -0.2) is 0 Å². The fraction of sp³-hybridized carbons (Fsp3) is 0.0141. The highest BCUT2D eigenvalue weighted by Crippen LogP contribution is 2.64. The average Bonchev–Trinajstić information content (AvgIpc) is 3.95. The van der Waals surface area contributed by atoms with Crippen molar-refractivity contribution in [2.45, 2.75) is 5.41 Å². The number of rotatable bonds is 8. The molecule has 1 aliphatic heterocycles. The summed E-state index contributed by atoms with van der Waals surface area (Å²) in [5.41, 5.74) is 23.7. The van der Waals surface area contributed by atoms with E-state index in [9.17, 15) is 0 Å². The van der Waals surface area contributed by atoms with Crippen molar-refractivity contribution in [3.8, 4) is 61.3 Å². The van der Waals surface area contributed by atoms with Gasteiger partial charge in [-0.1, -0.05) is 231 Å². The van der Waals surface area contributed by atoms with Crippen LogP contribution in [0, 0.1) is 0 Å². The van der Waals surface area contributed by atoms with Crippen molar-refractivity contribution in [1.29, 1.82) is 0 Å². The van der Waals surface area contributed by atoms with Crippen LogP contribution in [-0.4, -0.2) is 4.57 Å². The van der Waals surface area contributed by atoms with E-state index in [-0.39, 0.29) is 0 Å². The van der Waals surface area contributed by atoms with Gasteiger partial charge in [0.2, 0.25) is 0 Å². The monoisotopic (exact) mass is 926 g/mol. The van der Waals surface area contributed by atoms with Crippen LogP contribution in [0.5, 0.6) is 0 Å². The number of para-hydroxylation sites is 2. The molecule has 0 fully saturated rings. The van der Waals surface area contributed by atoms with Crippen LogP contribution < -0.4 is 4.90 Å². The maximum absolute atomic E-state index is 2.56. The largest absolute Gasteiger partial charge is 0.310 e. The molecule has 0 atom stereocenters. The molecule has 0 radical (unpaired) electrons. The molecule has 2 heterocycles. The second-order valence-electron chi connectivity index (χ2n) is 19.5. The van der Waals surface area contributed by atoms with E-state index < -0.39 is 5.41 Å². The number of fused-ring (bicyclic) bond motifs is 7. The molecule has 12 aromatic carbocycles. The van der Waals surface area contributed by atoms with Gasteiger partial charge in [0.25, 0.3) is 0 Å². The molecule has 0 spiro atoms. The first-order valence-electron chi connectivity index (χ1n) is 25.3. The Kier molecular flexibility index (Phi) is 9.21. The summed E-state index contributed by atoms with van der Waals surface area (Å²) >= 11 is 0. The van der Waals surface area contributed by atoms with E-state index in [2.05, 4.69) is 289 Å². The first kappa shape index (κ1) is 41.3. The maximum atomic E-state index is 2.56. The van der Waals surface area contributed by atoms with Crippen LogP contribution in [0.25, 0.3) is 93.9 Å². The molecule has 73 heavy (non-hydrogen) atoms. The molecule has 0 N–H and O–H groups in total. The molecule has 1 aromatic heterocycles. The third-order valence-corrected chi connectivity index (χ3v) is 15.8. The van der Waals surface area contributed by atoms with Crippen molar-refractivity contribution in [1.82, 2.24) is 4.57 Å². The second kappa shape index (κ2) is 16.3. The molecule has 0 saturated heterocycles. The molecule has 2 nitrogen and oxygen atoms in total. The van der Waals surface area contributed by atoms with E-state index in [1.54, 1.807) is 0 Å². The average molecular weight is 927 g/mol. The van der Waals surface area contributed by atoms with Crippen molar-refractivity contribution in [3.63, 3.8) is 0 Å². The Hall–Kier alpha value is -9.50. The van der Waals surface area contributed by atoms with Crippen LogP contribution in [0.4, 0.5) is 17.1 Å². The summed E-state index contributed by atoms with van der Waals surface area (Å²) in [5, 5.41) is 4.92. The Morgan fingerprint density at radius 1 is 0.315 bits per heavy atom. The summed E-state index contributed by atoms with van der Waals surface area (Å²) in [7, 11) is 0. The lowest BCUT2D eigenvalue weighted by Gasteiger charge is -2.36. The maximum Gasteiger partial charge on any atom is 0.0720 e. The molecular formula is C71H46N2. The third-order valence-electron chi connectivity index (χ3n) is 15.8. The van der Waals surface area contributed by atoms with Crippen LogP contribution in [0.2, 0.25) is 0 Å². The lowest BCUT2D eigenvalue weighted by Crippen LogP contribution is -2.29. The quantitative estimate of drug-likeness (QED) is 0.147. The number of nitrogens with zero attached hydrogens (tertiary/aromatic N) is 2. The van der Waals surface area contributed by atoms with Gasteiger partial charge >= 0.3 is 0 Å². The van der Waals surface area contributed by atoms with Crippen molar-refractivity contribution in [2.75, 3.05) is 4.90 Å². The van der Waals surface area contributed by atoms with E-state index in [4.69, 9.17) is 0 Å². The minimum atomic E-state index is -0.662. The number of aromatic nitrogens is 1. The number of anilines is 3. The summed E-state index contributed by atoms with van der Waals surface area (Å²) in [6.45, 7) is 0. The predicted molar refractivity (Wildman–Crippen MR) is 306 cm³/mol. The molecule has 0 amide bonds. The molecular weight excluding hydrogens is 881 g/mol. The SMILES string of the molecule is c1ccc(-c2ccc(N(c3cccc(-c4ccccc4)c3)c3ccc4cccc(-c5ccc6c7c5C(c5ccccc5)(c5ccccc5)c5ccc8c9ccccc9n(c8c5-7)-c5ccccc5-6)c4c3)cc2)cc1. The second-order valence-corrected chi connectivity index (χ2v) is 19.5. The molecule has 0 saturated carbocycles. The van der Waals surface area contributed by atoms with Crippen molar-refractivity contribution < 1.29 is 0 Å². The molecule has 1 aliphatic carbocycles. The minimum Gasteiger partial charge on any atom is -0.310 e. The fourth-order valence-corrected chi connectivity index (χ4v) is 12.7. The normalized spacial score (nSPS) is 12.8. The zero-order chi connectivity index (χ0) is 48.0. The smallest absolute Gasteiger partial charge is 0.0720 e. The summed E-state index contributed by atoms with van der Waals surface area (Å²) < 4.78 is 2.56. The van der Waals surface area contributed by atoms with E-state index in [0.717, 1.165) is 17.1 Å². The summed E-state index contributed by atoms with van der Waals surface area (Å²) in [4.78, 5) is 2.42. The highest BCUT2D eigenvalue weighted by molar-refractivity contribution is 6.20. The van der Waals surface area contributed by atoms with Crippen LogP contribution >= 0.6 is 0 Å². The van der Waals surface area contributed by atoms with E-state index >= 15 is 0 Å². The highest BCUT2D eigenvalue weighted by atomic mass is 15.1. The van der Waals surface area contributed by atoms with Gasteiger partial charge in [0.05, 0.1) is 22.1 Å². The molecule has 2 aliphatic rings. The summed E-state index contributed by atoms with van der Waals surface area (Å²) in [6.07, 6.45) is 0. The van der Waals surface area contributed by atoms with Gasteiger partial charge < -0.3 is 9.47 Å². The fourth-order valence-electron chi connectivity index (χ4n) is 12.7. The lowest BCUT2D eigenvalue weighted by atomic mass is 9.65. The van der Waals surface area contributed by atoms with E-state index in [1.807, 2.05) is 0 Å². The van der Waals surface area contributed by atoms with Gasteiger partial charge in [-0.05, 0) is 126 Å². The van der Waals surface area contributed by atoms with Crippen LogP contribution in [0.3, 0.4) is 0 Å². The Labute approximate surface area is 425 Å². The Bertz CT molecular complexity index is 4250. The third kappa shape index (κ3) is 6.11. The van der Waals surface area contributed by atoms with E-state index in [1.165, 1.54) is 116 Å². The van der Waals surface area contributed by atoms with Crippen molar-refractivity contribution >= 4 is 49.6 Å². The topological polar surface area (TPSA) is 8.17 Å². The van der Waals surface area contributed by atoms with Crippen molar-refractivity contribution in [3.05, 3.63) is 301 Å². The van der Waals surface area contributed by atoms with Crippen molar-refractivity contribution in [2.24, 2.45) is 0 Å². The molecule has 0 bridgehead atoms. The molecule has 15 rings (SSSR count). The van der Waals surface area contributed by atoms with Gasteiger partial charge in [-0.2, -0.15) is 0 Å². The molecule has 0 unspecified atom stereocenters. The van der Waals surface area contributed by atoms with Gasteiger partial charge in [-0.3, -0.25) is 0 Å². The van der Waals surface area contributed by atoms with Gasteiger partial charge in [0.1, 0.15) is 0 Å². The highest BCUT2D eigenvalue weighted by Gasteiger charge is 2.50. The number of hydrogen-bond acceptors (Lipinski definition) is 1. The van der Waals surface area contributed by atoms with Crippen LogP contribution in [0.1, 0.15) is 22.3 Å². The van der Waals surface area contributed by atoms with Crippen LogP contribution in [-0.2, 0) is 5.41 Å². The Morgan fingerprint density at radius 2 is 0.890 bits per heavy atom. The summed E-state index contributed by atoms with van der Waals surface area (Å²) in [6, 6.07) is 104. The Balaban J connectivity index is 1.03.